The number of carbonyl (C=O) groups excluding carboxylic acids is 1. The quantitative estimate of drug-likeness (QED) is 0.741. The summed E-state index contributed by atoms with van der Waals surface area (Å²) in [5.41, 5.74) is 7.73. The minimum atomic E-state index is -0.415. The van der Waals surface area contributed by atoms with Gasteiger partial charge in [0.25, 0.3) is 0 Å². The van der Waals surface area contributed by atoms with Crippen LogP contribution in [0.15, 0.2) is 40.1 Å². The average Bonchev–Trinajstić information content (AvgIpc) is 3.01. The van der Waals surface area contributed by atoms with Gasteiger partial charge in [0.2, 0.25) is 0 Å². The van der Waals surface area contributed by atoms with Crippen molar-refractivity contribution in [2.75, 3.05) is 12.3 Å². The Morgan fingerprint density at radius 3 is 2.95 bits per heavy atom. The Morgan fingerprint density at radius 1 is 1.40 bits per heavy atom. The van der Waals surface area contributed by atoms with Gasteiger partial charge in [0.1, 0.15) is 21.9 Å². The first kappa shape index (κ1) is 12.7. The number of anilines is 1. The minimum absolute atomic E-state index is 0.313. The maximum absolute atomic E-state index is 12.0. The smallest absolute Gasteiger partial charge is 0.341 e. The van der Waals surface area contributed by atoms with Crippen LogP contribution in [0.2, 0.25) is 0 Å². The maximum Gasteiger partial charge on any atom is 0.341 e. The minimum Gasteiger partial charge on any atom is -0.462 e. The van der Waals surface area contributed by atoms with E-state index in [4.69, 9.17) is 14.9 Å². The molecule has 4 nitrogen and oxygen atoms in total. The molecule has 0 aliphatic heterocycles. The lowest BCUT2D eigenvalue weighted by molar-refractivity contribution is 0.0529. The molecule has 3 rings (SSSR count). The van der Waals surface area contributed by atoms with Crippen LogP contribution in [0.4, 0.5) is 5.00 Å². The predicted octanol–water partition coefficient (Wildman–Crippen LogP) is 3.92. The van der Waals surface area contributed by atoms with Crippen LogP contribution < -0.4 is 5.73 Å². The van der Waals surface area contributed by atoms with Crippen LogP contribution in [-0.4, -0.2) is 12.6 Å². The lowest BCUT2D eigenvalue weighted by Gasteiger charge is -2.03. The van der Waals surface area contributed by atoms with E-state index >= 15 is 0 Å². The van der Waals surface area contributed by atoms with Gasteiger partial charge in [-0.05, 0) is 19.1 Å². The third-order valence-corrected chi connectivity index (χ3v) is 3.80. The molecule has 0 radical (unpaired) electrons. The first-order chi connectivity index (χ1) is 9.70. The number of esters is 1. The Balaban J connectivity index is 2.12. The Hall–Kier alpha value is -2.27. The van der Waals surface area contributed by atoms with E-state index < -0.39 is 5.97 Å². The number of carbonyl (C=O) groups is 1. The summed E-state index contributed by atoms with van der Waals surface area (Å²) in [6.45, 7) is 2.08. The number of furan rings is 1. The molecule has 0 aliphatic carbocycles. The molecule has 0 amide bonds. The van der Waals surface area contributed by atoms with E-state index in [1.807, 2.05) is 35.7 Å². The number of nitrogen functional groups attached to an aromatic ring is 1. The van der Waals surface area contributed by atoms with Crippen molar-refractivity contribution >= 4 is 33.3 Å². The Kier molecular flexibility index (Phi) is 3.20. The fourth-order valence-electron chi connectivity index (χ4n) is 2.08. The summed E-state index contributed by atoms with van der Waals surface area (Å²) in [6, 6.07) is 9.60. The molecule has 2 N–H and O–H groups in total. The van der Waals surface area contributed by atoms with Crippen molar-refractivity contribution in [1.82, 2.24) is 0 Å². The highest BCUT2D eigenvalue weighted by Crippen LogP contribution is 2.36. The Labute approximate surface area is 119 Å². The Bertz CT molecular complexity index is 739. The van der Waals surface area contributed by atoms with Gasteiger partial charge in [-0.15, -0.1) is 11.3 Å². The van der Waals surface area contributed by atoms with Gasteiger partial charge in [-0.3, -0.25) is 0 Å². The van der Waals surface area contributed by atoms with E-state index in [-0.39, 0.29) is 0 Å². The molecule has 20 heavy (non-hydrogen) atoms. The molecular formula is C15H13NO3S. The number of rotatable bonds is 3. The number of nitrogens with two attached hydrogens (primary N) is 1. The molecule has 0 spiro atoms. The van der Waals surface area contributed by atoms with Crippen LogP contribution in [0.1, 0.15) is 17.3 Å². The van der Waals surface area contributed by atoms with Crippen LogP contribution in [0.25, 0.3) is 22.3 Å². The zero-order chi connectivity index (χ0) is 14.1. The summed E-state index contributed by atoms with van der Waals surface area (Å²) in [5, 5.41) is 3.25. The number of hydrogen-bond donors (Lipinski definition) is 1. The summed E-state index contributed by atoms with van der Waals surface area (Å²) in [4.78, 5) is 12.0. The Morgan fingerprint density at radius 2 is 2.20 bits per heavy atom. The molecular weight excluding hydrogens is 274 g/mol. The fraction of sp³-hybridized carbons (Fsp3) is 0.133. The number of thiophene rings is 1. The van der Waals surface area contributed by atoms with Crippen LogP contribution in [0, 0.1) is 0 Å². The van der Waals surface area contributed by atoms with E-state index in [2.05, 4.69) is 0 Å². The maximum atomic E-state index is 12.0. The van der Waals surface area contributed by atoms with Crippen molar-refractivity contribution in [2.24, 2.45) is 0 Å². The van der Waals surface area contributed by atoms with E-state index in [1.54, 1.807) is 6.92 Å². The monoisotopic (exact) mass is 287 g/mol. The lowest BCUT2D eigenvalue weighted by Crippen LogP contribution is -2.06. The molecule has 0 fully saturated rings. The second kappa shape index (κ2) is 5.02. The van der Waals surface area contributed by atoms with Gasteiger partial charge in [-0.1, -0.05) is 18.2 Å². The summed E-state index contributed by atoms with van der Waals surface area (Å²) in [6.07, 6.45) is 0. The summed E-state index contributed by atoms with van der Waals surface area (Å²) in [7, 11) is 0. The van der Waals surface area contributed by atoms with E-state index in [0.717, 1.165) is 11.0 Å². The van der Waals surface area contributed by atoms with Crippen LogP contribution >= 0.6 is 11.3 Å². The average molecular weight is 287 g/mol. The van der Waals surface area contributed by atoms with Gasteiger partial charge in [-0.2, -0.15) is 0 Å². The number of hydrogen-bond acceptors (Lipinski definition) is 5. The number of fused-ring (bicyclic) bond motifs is 1. The van der Waals surface area contributed by atoms with Crippen LogP contribution in [-0.2, 0) is 4.74 Å². The molecule has 0 saturated heterocycles. The van der Waals surface area contributed by atoms with Gasteiger partial charge < -0.3 is 14.9 Å². The molecule has 0 saturated carbocycles. The SMILES string of the molecule is CCOC(=O)c1c(-c2cc3ccccc3o2)csc1N. The van der Waals surface area contributed by atoms with Gasteiger partial charge in [0, 0.05) is 16.3 Å². The van der Waals surface area contributed by atoms with Crippen molar-refractivity contribution < 1.29 is 13.9 Å². The van der Waals surface area contributed by atoms with E-state index in [1.165, 1.54) is 11.3 Å². The molecule has 0 bridgehead atoms. The topological polar surface area (TPSA) is 65.5 Å². The number of benzene rings is 1. The second-order valence-corrected chi connectivity index (χ2v) is 5.17. The standard InChI is InChI=1S/C15H13NO3S/c1-2-18-15(17)13-10(8-20-14(13)16)12-7-9-5-3-4-6-11(9)19-12/h3-8H,2,16H2,1H3. The normalized spacial score (nSPS) is 10.8. The van der Waals surface area contributed by atoms with Crippen molar-refractivity contribution in [1.29, 1.82) is 0 Å². The van der Waals surface area contributed by atoms with E-state index in [0.29, 0.717) is 28.5 Å². The molecule has 0 aliphatic rings. The van der Waals surface area contributed by atoms with Crippen LogP contribution in [0.3, 0.4) is 0 Å². The largest absolute Gasteiger partial charge is 0.462 e. The van der Waals surface area contributed by atoms with Crippen LogP contribution in [0.5, 0.6) is 0 Å². The molecule has 102 valence electrons. The first-order valence-corrected chi connectivity index (χ1v) is 7.11. The summed E-state index contributed by atoms with van der Waals surface area (Å²) < 4.78 is 10.8. The highest BCUT2D eigenvalue weighted by Gasteiger charge is 2.22. The molecule has 1 aromatic carbocycles. The zero-order valence-corrected chi connectivity index (χ0v) is 11.7. The third kappa shape index (κ3) is 2.06. The molecule has 0 atom stereocenters. The lowest BCUT2D eigenvalue weighted by atomic mass is 10.1. The molecule has 2 heterocycles. The summed E-state index contributed by atoms with van der Waals surface area (Å²) in [5.74, 6) is 0.212. The number of para-hydroxylation sites is 1. The molecule has 5 heteroatoms. The predicted molar refractivity (Wildman–Crippen MR) is 79.9 cm³/mol. The van der Waals surface area contributed by atoms with Crippen molar-refractivity contribution in [2.45, 2.75) is 6.92 Å². The van der Waals surface area contributed by atoms with Gasteiger partial charge in [0.05, 0.1) is 6.61 Å². The van der Waals surface area contributed by atoms with E-state index in [9.17, 15) is 4.79 Å². The molecule has 2 aromatic heterocycles. The summed E-state index contributed by atoms with van der Waals surface area (Å²) >= 11 is 1.31. The van der Waals surface area contributed by atoms with Crippen molar-refractivity contribution in [3.8, 4) is 11.3 Å². The fourth-order valence-corrected chi connectivity index (χ4v) is 2.87. The van der Waals surface area contributed by atoms with Crippen molar-refractivity contribution in [3.63, 3.8) is 0 Å². The second-order valence-electron chi connectivity index (χ2n) is 4.26. The third-order valence-electron chi connectivity index (χ3n) is 2.99. The molecule has 3 aromatic rings. The van der Waals surface area contributed by atoms with Gasteiger partial charge in [-0.25, -0.2) is 4.79 Å². The zero-order valence-electron chi connectivity index (χ0n) is 10.9. The van der Waals surface area contributed by atoms with Gasteiger partial charge >= 0.3 is 5.97 Å². The first-order valence-electron chi connectivity index (χ1n) is 6.23. The number of ether oxygens (including phenoxy) is 1. The highest BCUT2D eigenvalue weighted by molar-refractivity contribution is 7.14. The highest BCUT2D eigenvalue weighted by atomic mass is 32.1. The van der Waals surface area contributed by atoms with Crippen molar-refractivity contribution in [3.05, 3.63) is 41.3 Å². The van der Waals surface area contributed by atoms with Gasteiger partial charge in [0.15, 0.2) is 0 Å². The molecule has 0 unspecified atom stereocenters.